The third kappa shape index (κ3) is 2.73. The SMILES string of the molecule is CC1(C)CCCN(c2cc(F)c(Br)cc2N)C1. The van der Waals surface area contributed by atoms with Gasteiger partial charge in [-0.1, -0.05) is 13.8 Å². The molecule has 0 aliphatic carbocycles. The van der Waals surface area contributed by atoms with Crippen molar-refractivity contribution in [1.29, 1.82) is 0 Å². The molecular formula is C13H18BrFN2. The largest absolute Gasteiger partial charge is 0.397 e. The van der Waals surface area contributed by atoms with Crippen molar-refractivity contribution in [2.75, 3.05) is 23.7 Å². The second-order valence-corrected chi connectivity index (χ2v) is 6.37. The van der Waals surface area contributed by atoms with Gasteiger partial charge in [-0.05, 0) is 40.3 Å². The molecule has 1 aliphatic heterocycles. The van der Waals surface area contributed by atoms with Crippen LogP contribution in [-0.2, 0) is 0 Å². The van der Waals surface area contributed by atoms with Crippen molar-refractivity contribution in [2.24, 2.45) is 5.41 Å². The molecular weight excluding hydrogens is 283 g/mol. The Morgan fingerprint density at radius 2 is 2.12 bits per heavy atom. The highest BCUT2D eigenvalue weighted by molar-refractivity contribution is 9.10. The predicted octanol–water partition coefficient (Wildman–Crippen LogP) is 3.80. The van der Waals surface area contributed by atoms with E-state index in [0.717, 1.165) is 25.2 Å². The fourth-order valence-corrected chi connectivity index (χ4v) is 2.82. The Kier molecular flexibility index (Phi) is 3.34. The fraction of sp³-hybridized carbons (Fsp3) is 0.538. The van der Waals surface area contributed by atoms with Crippen LogP contribution in [-0.4, -0.2) is 13.1 Å². The van der Waals surface area contributed by atoms with E-state index in [-0.39, 0.29) is 11.2 Å². The second-order valence-electron chi connectivity index (χ2n) is 5.51. The minimum Gasteiger partial charge on any atom is -0.397 e. The van der Waals surface area contributed by atoms with Gasteiger partial charge in [-0.15, -0.1) is 0 Å². The minimum absolute atomic E-state index is 0.252. The third-order valence-electron chi connectivity index (χ3n) is 3.31. The summed E-state index contributed by atoms with van der Waals surface area (Å²) >= 11 is 3.15. The number of hydrogen-bond acceptors (Lipinski definition) is 2. The topological polar surface area (TPSA) is 29.3 Å². The van der Waals surface area contributed by atoms with E-state index in [1.54, 1.807) is 6.07 Å². The van der Waals surface area contributed by atoms with Crippen LogP contribution in [0.5, 0.6) is 0 Å². The van der Waals surface area contributed by atoms with Gasteiger partial charge in [0.2, 0.25) is 0 Å². The molecule has 94 valence electrons. The van der Waals surface area contributed by atoms with Crippen LogP contribution in [0.25, 0.3) is 0 Å². The number of anilines is 2. The van der Waals surface area contributed by atoms with Crippen molar-refractivity contribution in [1.82, 2.24) is 0 Å². The van der Waals surface area contributed by atoms with Crippen LogP contribution in [0.1, 0.15) is 26.7 Å². The zero-order chi connectivity index (χ0) is 12.6. The summed E-state index contributed by atoms with van der Waals surface area (Å²) in [4.78, 5) is 2.19. The number of piperidine rings is 1. The molecule has 2 nitrogen and oxygen atoms in total. The van der Waals surface area contributed by atoms with Crippen molar-refractivity contribution in [3.05, 3.63) is 22.4 Å². The highest BCUT2D eigenvalue weighted by atomic mass is 79.9. The van der Waals surface area contributed by atoms with E-state index < -0.39 is 0 Å². The molecule has 1 aliphatic rings. The van der Waals surface area contributed by atoms with Crippen LogP contribution < -0.4 is 10.6 Å². The van der Waals surface area contributed by atoms with Gasteiger partial charge in [0.15, 0.2) is 0 Å². The fourth-order valence-electron chi connectivity index (χ4n) is 2.45. The van der Waals surface area contributed by atoms with E-state index in [2.05, 4.69) is 34.7 Å². The van der Waals surface area contributed by atoms with Gasteiger partial charge < -0.3 is 10.6 Å². The van der Waals surface area contributed by atoms with E-state index in [9.17, 15) is 4.39 Å². The van der Waals surface area contributed by atoms with Gasteiger partial charge in [-0.3, -0.25) is 0 Å². The first-order chi connectivity index (χ1) is 7.89. The highest BCUT2D eigenvalue weighted by Gasteiger charge is 2.27. The Bertz CT molecular complexity index is 432. The molecule has 0 aromatic heterocycles. The van der Waals surface area contributed by atoms with Crippen LogP contribution in [0.15, 0.2) is 16.6 Å². The van der Waals surface area contributed by atoms with Crippen molar-refractivity contribution < 1.29 is 4.39 Å². The van der Waals surface area contributed by atoms with Gasteiger partial charge in [0.05, 0.1) is 15.8 Å². The van der Waals surface area contributed by atoms with Crippen molar-refractivity contribution >= 4 is 27.3 Å². The lowest BCUT2D eigenvalue weighted by Crippen LogP contribution is -2.40. The van der Waals surface area contributed by atoms with Crippen molar-refractivity contribution in [3.8, 4) is 0 Å². The Morgan fingerprint density at radius 3 is 2.76 bits per heavy atom. The van der Waals surface area contributed by atoms with Gasteiger partial charge >= 0.3 is 0 Å². The third-order valence-corrected chi connectivity index (χ3v) is 3.92. The minimum atomic E-state index is -0.252. The molecule has 1 saturated heterocycles. The molecule has 1 heterocycles. The maximum Gasteiger partial charge on any atom is 0.139 e. The summed E-state index contributed by atoms with van der Waals surface area (Å²) in [6.45, 7) is 6.36. The summed E-state index contributed by atoms with van der Waals surface area (Å²) in [5, 5.41) is 0. The van der Waals surface area contributed by atoms with Gasteiger partial charge in [0, 0.05) is 19.2 Å². The molecule has 2 N–H and O–H groups in total. The molecule has 0 bridgehead atoms. The molecule has 0 saturated carbocycles. The molecule has 0 unspecified atom stereocenters. The second kappa shape index (κ2) is 4.48. The maximum absolute atomic E-state index is 13.6. The number of nitrogens with zero attached hydrogens (tertiary/aromatic N) is 1. The summed E-state index contributed by atoms with van der Waals surface area (Å²) in [6.07, 6.45) is 2.34. The molecule has 1 aromatic rings. The number of hydrogen-bond donors (Lipinski definition) is 1. The summed E-state index contributed by atoms with van der Waals surface area (Å²) in [6, 6.07) is 3.17. The molecule has 0 amide bonds. The number of nitrogens with two attached hydrogens (primary N) is 1. The van der Waals surface area contributed by atoms with Crippen molar-refractivity contribution in [2.45, 2.75) is 26.7 Å². The van der Waals surface area contributed by atoms with E-state index in [0.29, 0.717) is 10.2 Å². The quantitative estimate of drug-likeness (QED) is 0.800. The first kappa shape index (κ1) is 12.7. The predicted molar refractivity (Wildman–Crippen MR) is 73.7 cm³/mol. The molecule has 4 heteroatoms. The number of rotatable bonds is 1. The summed E-state index contributed by atoms with van der Waals surface area (Å²) in [7, 11) is 0. The van der Waals surface area contributed by atoms with Crippen LogP contribution >= 0.6 is 15.9 Å². The molecule has 0 atom stereocenters. The monoisotopic (exact) mass is 300 g/mol. The number of halogens is 2. The first-order valence-electron chi connectivity index (χ1n) is 5.88. The van der Waals surface area contributed by atoms with Gasteiger partial charge in [0.25, 0.3) is 0 Å². The Hall–Kier alpha value is -0.770. The lowest BCUT2D eigenvalue weighted by molar-refractivity contribution is 0.293. The lowest BCUT2D eigenvalue weighted by Gasteiger charge is -2.40. The average molecular weight is 301 g/mol. The number of nitrogen functional groups attached to an aromatic ring is 1. The van der Waals surface area contributed by atoms with Crippen LogP contribution in [0.4, 0.5) is 15.8 Å². The Morgan fingerprint density at radius 1 is 1.41 bits per heavy atom. The highest BCUT2D eigenvalue weighted by Crippen LogP contribution is 2.35. The Balaban J connectivity index is 2.31. The molecule has 1 fully saturated rings. The van der Waals surface area contributed by atoms with E-state index in [4.69, 9.17) is 5.73 Å². The lowest BCUT2D eigenvalue weighted by atomic mass is 9.84. The zero-order valence-corrected chi connectivity index (χ0v) is 11.8. The number of benzene rings is 1. The van der Waals surface area contributed by atoms with Crippen LogP contribution in [0, 0.1) is 11.2 Å². The average Bonchev–Trinajstić information content (AvgIpc) is 2.22. The smallest absolute Gasteiger partial charge is 0.139 e. The molecule has 0 radical (unpaired) electrons. The zero-order valence-electron chi connectivity index (χ0n) is 10.3. The van der Waals surface area contributed by atoms with Crippen LogP contribution in [0.3, 0.4) is 0 Å². The van der Waals surface area contributed by atoms with E-state index >= 15 is 0 Å². The normalized spacial score (nSPS) is 19.4. The van der Waals surface area contributed by atoms with Gasteiger partial charge in [0.1, 0.15) is 5.82 Å². The van der Waals surface area contributed by atoms with Gasteiger partial charge in [-0.25, -0.2) is 4.39 Å². The van der Waals surface area contributed by atoms with E-state index in [1.165, 1.54) is 12.5 Å². The summed E-state index contributed by atoms with van der Waals surface area (Å²) < 4.78 is 14.0. The summed E-state index contributed by atoms with van der Waals surface area (Å²) in [5.74, 6) is -0.252. The Labute approximate surface area is 110 Å². The maximum atomic E-state index is 13.6. The van der Waals surface area contributed by atoms with Crippen LogP contribution in [0.2, 0.25) is 0 Å². The standard InChI is InChI=1S/C13H18BrFN2/c1-13(2)4-3-5-17(8-13)12-7-10(15)9(14)6-11(12)16/h6-7H,3-5,8,16H2,1-2H3. The molecule has 2 rings (SSSR count). The van der Waals surface area contributed by atoms with Gasteiger partial charge in [-0.2, -0.15) is 0 Å². The molecule has 17 heavy (non-hydrogen) atoms. The molecule has 1 aromatic carbocycles. The van der Waals surface area contributed by atoms with E-state index in [1.807, 2.05) is 0 Å². The summed E-state index contributed by atoms with van der Waals surface area (Å²) in [5.41, 5.74) is 7.70. The first-order valence-corrected chi connectivity index (χ1v) is 6.68. The van der Waals surface area contributed by atoms with Crippen molar-refractivity contribution in [3.63, 3.8) is 0 Å². The molecule has 0 spiro atoms.